The number of primary amides is 1. The molecule has 0 spiro atoms. The van der Waals surface area contributed by atoms with Crippen LogP contribution in [0.1, 0.15) is 16.2 Å². The number of aryl methyl sites for hydroxylation is 1. The van der Waals surface area contributed by atoms with Crippen LogP contribution in [-0.4, -0.2) is 20.6 Å². The fraction of sp³-hybridized carbons (Fsp3) is 0.0556. The Balaban J connectivity index is 2.04. The number of benzene rings is 2. The number of nitrogens with zero attached hydrogens (tertiary/aromatic N) is 3. The zero-order valence-electron chi connectivity index (χ0n) is 13.5. The lowest BCUT2D eigenvalue weighted by Gasteiger charge is -2.09. The molecule has 1 amide bonds. The van der Waals surface area contributed by atoms with Crippen LogP contribution in [0.2, 0.25) is 0 Å². The molecule has 8 heteroatoms. The van der Waals surface area contributed by atoms with Crippen LogP contribution in [0.25, 0.3) is 28.1 Å². The second-order valence-electron chi connectivity index (χ2n) is 5.71. The quantitative estimate of drug-likeness (QED) is 0.611. The summed E-state index contributed by atoms with van der Waals surface area (Å²) in [6.45, 7) is 1.59. The summed E-state index contributed by atoms with van der Waals surface area (Å²) in [5.41, 5.74) is 6.57. The summed E-state index contributed by atoms with van der Waals surface area (Å²) in [7, 11) is 0. The van der Waals surface area contributed by atoms with Crippen molar-refractivity contribution in [2.75, 3.05) is 0 Å². The maximum Gasteiger partial charge on any atom is 0.248 e. The molecule has 26 heavy (non-hydrogen) atoms. The van der Waals surface area contributed by atoms with Crippen molar-refractivity contribution < 1.29 is 18.1 Å². The van der Waals surface area contributed by atoms with Gasteiger partial charge in [-0.2, -0.15) is 4.98 Å². The van der Waals surface area contributed by atoms with Gasteiger partial charge in [-0.1, -0.05) is 5.16 Å². The Bertz CT molecular complexity index is 1150. The van der Waals surface area contributed by atoms with Crippen molar-refractivity contribution >= 4 is 16.8 Å². The minimum atomic E-state index is -0.667. The number of carbonyl (C=O) groups is 1. The van der Waals surface area contributed by atoms with E-state index in [0.29, 0.717) is 16.8 Å². The molecule has 130 valence electrons. The molecule has 2 aromatic carbocycles. The standard InChI is InChI=1S/C18H12F2N4O2/c1-9-22-18(23-26-9)16-15(20)13-8-11(19)4-7-14(13)24(16)12-5-2-10(3-6-12)17(21)25/h2-8H,1H3,(H2,21,25). The van der Waals surface area contributed by atoms with Gasteiger partial charge in [-0.25, -0.2) is 8.78 Å². The van der Waals surface area contributed by atoms with Gasteiger partial charge in [-0.05, 0) is 42.5 Å². The number of amides is 1. The van der Waals surface area contributed by atoms with Crippen LogP contribution in [-0.2, 0) is 0 Å². The summed E-state index contributed by atoms with van der Waals surface area (Å²) in [5, 5.41) is 3.87. The largest absolute Gasteiger partial charge is 0.366 e. The van der Waals surface area contributed by atoms with E-state index in [9.17, 15) is 9.18 Å². The highest BCUT2D eigenvalue weighted by molar-refractivity contribution is 5.93. The van der Waals surface area contributed by atoms with E-state index in [2.05, 4.69) is 10.1 Å². The Morgan fingerprint density at radius 2 is 1.88 bits per heavy atom. The third-order valence-corrected chi connectivity index (χ3v) is 4.02. The number of fused-ring (bicyclic) bond motifs is 1. The molecule has 0 unspecified atom stereocenters. The topological polar surface area (TPSA) is 86.9 Å². The van der Waals surface area contributed by atoms with E-state index in [1.54, 1.807) is 23.6 Å². The molecule has 0 atom stereocenters. The average molecular weight is 354 g/mol. The summed E-state index contributed by atoms with van der Waals surface area (Å²) in [4.78, 5) is 15.4. The van der Waals surface area contributed by atoms with E-state index in [1.165, 1.54) is 24.3 Å². The first-order chi connectivity index (χ1) is 12.5. The van der Waals surface area contributed by atoms with Crippen LogP contribution in [0, 0.1) is 18.6 Å². The van der Waals surface area contributed by atoms with Crippen molar-refractivity contribution in [1.82, 2.24) is 14.7 Å². The third kappa shape index (κ3) is 2.43. The molecule has 0 aliphatic heterocycles. The minimum absolute atomic E-state index is 0.0364. The van der Waals surface area contributed by atoms with E-state index in [0.717, 1.165) is 6.07 Å². The first-order valence-corrected chi connectivity index (χ1v) is 7.66. The molecule has 4 rings (SSSR count). The van der Waals surface area contributed by atoms with Gasteiger partial charge in [0.1, 0.15) is 11.5 Å². The van der Waals surface area contributed by atoms with Crippen LogP contribution >= 0.6 is 0 Å². The van der Waals surface area contributed by atoms with Crippen LogP contribution in [0.3, 0.4) is 0 Å². The van der Waals surface area contributed by atoms with Gasteiger partial charge in [0, 0.05) is 23.6 Å². The molecule has 6 nitrogen and oxygen atoms in total. The number of rotatable bonds is 3. The first kappa shape index (κ1) is 15.9. The van der Waals surface area contributed by atoms with E-state index in [1.807, 2.05) is 0 Å². The summed E-state index contributed by atoms with van der Waals surface area (Å²) >= 11 is 0. The number of carbonyl (C=O) groups excluding carboxylic acids is 1. The van der Waals surface area contributed by atoms with Gasteiger partial charge in [0.2, 0.25) is 17.6 Å². The summed E-state index contributed by atoms with van der Waals surface area (Å²) in [6, 6.07) is 10.1. The third-order valence-electron chi connectivity index (χ3n) is 4.02. The van der Waals surface area contributed by atoms with Crippen molar-refractivity contribution in [3.63, 3.8) is 0 Å². The van der Waals surface area contributed by atoms with E-state index < -0.39 is 17.5 Å². The molecule has 2 heterocycles. The van der Waals surface area contributed by atoms with Gasteiger partial charge in [0.15, 0.2) is 5.82 Å². The number of hydrogen-bond donors (Lipinski definition) is 1. The normalized spacial score (nSPS) is 11.2. The molecule has 0 radical (unpaired) electrons. The van der Waals surface area contributed by atoms with E-state index in [4.69, 9.17) is 10.3 Å². The number of halogens is 2. The van der Waals surface area contributed by atoms with Gasteiger partial charge in [0.05, 0.1) is 5.52 Å². The van der Waals surface area contributed by atoms with Crippen molar-refractivity contribution in [2.45, 2.75) is 6.92 Å². The monoisotopic (exact) mass is 354 g/mol. The molecule has 0 bridgehead atoms. The number of nitrogens with two attached hydrogens (primary N) is 1. The molecule has 0 fully saturated rings. The van der Waals surface area contributed by atoms with Crippen LogP contribution in [0.5, 0.6) is 0 Å². The second kappa shape index (κ2) is 5.76. The molecule has 4 aromatic rings. The Morgan fingerprint density at radius 1 is 1.15 bits per heavy atom. The fourth-order valence-corrected chi connectivity index (χ4v) is 2.86. The predicted molar refractivity (Wildman–Crippen MR) is 89.7 cm³/mol. The zero-order chi connectivity index (χ0) is 18.4. The number of aromatic nitrogens is 3. The Hall–Kier alpha value is -3.55. The maximum absolute atomic E-state index is 15.1. The summed E-state index contributed by atoms with van der Waals surface area (Å²) in [5.74, 6) is -1.49. The Morgan fingerprint density at radius 3 is 2.50 bits per heavy atom. The highest BCUT2D eigenvalue weighted by atomic mass is 19.1. The SMILES string of the molecule is Cc1nc(-c2c(F)c3cc(F)ccc3n2-c2ccc(C(N)=O)cc2)no1. The fourth-order valence-electron chi connectivity index (χ4n) is 2.86. The molecule has 0 aliphatic rings. The molecule has 0 aliphatic carbocycles. The average Bonchev–Trinajstić information content (AvgIpc) is 3.16. The van der Waals surface area contributed by atoms with Gasteiger partial charge >= 0.3 is 0 Å². The molecule has 2 N–H and O–H groups in total. The lowest BCUT2D eigenvalue weighted by Crippen LogP contribution is -2.10. The van der Waals surface area contributed by atoms with Crippen molar-refractivity contribution in [2.24, 2.45) is 5.73 Å². The highest BCUT2D eigenvalue weighted by Gasteiger charge is 2.24. The molecular formula is C18H12F2N4O2. The van der Waals surface area contributed by atoms with Gasteiger partial charge < -0.3 is 14.8 Å². The molecule has 2 aromatic heterocycles. The predicted octanol–water partition coefficient (Wildman–Crippen LogP) is 3.37. The van der Waals surface area contributed by atoms with Crippen LogP contribution in [0.4, 0.5) is 8.78 Å². The zero-order valence-corrected chi connectivity index (χ0v) is 13.5. The summed E-state index contributed by atoms with van der Waals surface area (Å²) in [6.07, 6.45) is 0. The Kier molecular flexibility index (Phi) is 3.54. The van der Waals surface area contributed by atoms with E-state index >= 15 is 4.39 Å². The van der Waals surface area contributed by atoms with Crippen molar-refractivity contribution in [1.29, 1.82) is 0 Å². The lowest BCUT2D eigenvalue weighted by atomic mass is 10.2. The van der Waals surface area contributed by atoms with Crippen LogP contribution < -0.4 is 5.73 Å². The van der Waals surface area contributed by atoms with Gasteiger partial charge in [-0.15, -0.1) is 0 Å². The smallest absolute Gasteiger partial charge is 0.248 e. The first-order valence-electron chi connectivity index (χ1n) is 7.66. The molecule has 0 saturated heterocycles. The maximum atomic E-state index is 15.1. The Labute approximate surface area is 145 Å². The highest BCUT2D eigenvalue weighted by Crippen LogP contribution is 2.34. The lowest BCUT2D eigenvalue weighted by molar-refractivity contribution is 0.100. The second-order valence-corrected chi connectivity index (χ2v) is 5.71. The van der Waals surface area contributed by atoms with Gasteiger partial charge in [-0.3, -0.25) is 4.79 Å². The van der Waals surface area contributed by atoms with Gasteiger partial charge in [0.25, 0.3) is 0 Å². The van der Waals surface area contributed by atoms with E-state index in [-0.39, 0.29) is 22.8 Å². The van der Waals surface area contributed by atoms with Crippen molar-refractivity contribution in [3.05, 3.63) is 65.6 Å². The molecular weight excluding hydrogens is 342 g/mol. The van der Waals surface area contributed by atoms with Crippen molar-refractivity contribution in [3.8, 4) is 17.2 Å². The molecule has 0 saturated carbocycles. The number of hydrogen-bond acceptors (Lipinski definition) is 4. The minimum Gasteiger partial charge on any atom is -0.366 e. The van der Waals surface area contributed by atoms with Crippen LogP contribution in [0.15, 0.2) is 47.0 Å². The summed E-state index contributed by atoms with van der Waals surface area (Å²) < 4.78 is 35.2.